The lowest BCUT2D eigenvalue weighted by Crippen LogP contribution is -2.66. The van der Waals surface area contributed by atoms with E-state index in [0.29, 0.717) is 0 Å². The van der Waals surface area contributed by atoms with Crippen molar-refractivity contribution in [3.05, 3.63) is 29.8 Å². The molecule has 1 saturated carbocycles. The normalized spacial score (nSPS) is 25.4. The molecule has 3 atom stereocenters. The Kier molecular flexibility index (Phi) is 5.89. The molecule has 1 aromatic rings. The van der Waals surface area contributed by atoms with Gasteiger partial charge in [0.2, 0.25) is 11.8 Å². The lowest BCUT2D eigenvalue weighted by atomic mass is 9.85. The predicted molar refractivity (Wildman–Crippen MR) is 95.0 cm³/mol. The van der Waals surface area contributed by atoms with E-state index < -0.39 is 23.7 Å². The zero-order valence-corrected chi connectivity index (χ0v) is 15.1. The van der Waals surface area contributed by atoms with E-state index in [0.717, 1.165) is 37.8 Å². The molecular weight excluding hydrogens is 373 g/mol. The van der Waals surface area contributed by atoms with Crippen molar-refractivity contribution in [1.29, 1.82) is 5.26 Å². The first-order valence-electron chi connectivity index (χ1n) is 9.20. The molecule has 2 amide bonds. The minimum Gasteiger partial charge on any atom is -0.350 e. The lowest BCUT2D eigenvalue weighted by molar-refractivity contribution is -0.137. The van der Waals surface area contributed by atoms with Crippen LogP contribution >= 0.6 is 0 Å². The first-order chi connectivity index (χ1) is 13.3. The number of carbonyl (C=O) groups excluding carboxylic acids is 2. The van der Waals surface area contributed by atoms with Gasteiger partial charge in [0, 0.05) is 17.8 Å². The first kappa shape index (κ1) is 20.1. The van der Waals surface area contributed by atoms with E-state index >= 15 is 0 Å². The maximum absolute atomic E-state index is 12.8. The van der Waals surface area contributed by atoms with Crippen molar-refractivity contribution in [2.24, 2.45) is 0 Å². The van der Waals surface area contributed by atoms with E-state index in [1.54, 1.807) is 4.90 Å². The monoisotopic (exact) mass is 394 g/mol. The van der Waals surface area contributed by atoms with Crippen LogP contribution in [0.4, 0.5) is 18.9 Å². The third-order valence-corrected chi connectivity index (χ3v) is 5.29. The minimum atomic E-state index is -4.51. The number of hydrogen-bond donors (Lipinski definition) is 2. The van der Waals surface area contributed by atoms with Gasteiger partial charge < -0.3 is 10.6 Å². The summed E-state index contributed by atoms with van der Waals surface area (Å²) in [5, 5.41) is 14.5. The number of nitrogens with zero attached hydrogens (tertiary/aromatic N) is 2. The highest BCUT2D eigenvalue weighted by Crippen LogP contribution is 2.31. The molecule has 0 radical (unpaired) electrons. The van der Waals surface area contributed by atoms with Crippen LogP contribution < -0.4 is 10.6 Å². The van der Waals surface area contributed by atoms with Crippen molar-refractivity contribution in [2.45, 2.75) is 56.4 Å². The zero-order chi connectivity index (χ0) is 20.3. The molecule has 9 heteroatoms. The number of nitriles is 1. The highest BCUT2D eigenvalue weighted by atomic mass is 19.4. The summed E-state index contributed by atoms with van der Waals surface area (Å²) in [7, 11) is 0. The minimum absolute atomic E-state index is 0.00235. The predicted octanol–water partition coefficient (Wildman–Crippen LogP) is 2.67. The second kappa shape index (κ2) is 8.19. The first-order valence-corrected chi connectivity index (χ1v) is 9.20. The van der Waals surface area contributed by atoms with E-state index in [1.807, 2.05) is 0 Å². The Morgan fingerprint density at radius 1 is 1.32 bits per heavy atom. The number of rotatable bonds is 4. The van der Waals surface area contributed by atoms with Gasteiger partial charge in [-0.2, -0.15) is 18.4 Å². The molecule has 0 spiro atoms. The van der Waals surface area contributed by atoms with Crippen molar-refractivity contribution in [3.8, 4) is 6.07 Å². The van der Waals surface area contributed by atoms with Crippen LogP contribution in [0, 0.1) is 11.3 Å². The highest BCUT2D eigenvalue weighted by Gasteiger charge is 2.43. The molecule has 1 aromatic carbocycles. The molecule has 1 aliphatic carbocycles. The summed E-state index contributed by atoms with van der Waals surface area (Å²) in [6.45, 7) is 0.0239. The van der Waals surface area contributed by atoms with Crippen molar-refractivity contribution >= 4 is 17.5 Å². The molecule has 0 aromatic heterocycles. The van der Waals surface area contributed by atoms with Gasteiger partial charge in [-0.1, -0.05) is 18.9 Å². The van der Waals surface area contributed by atoms with Gasteiger partial charge >= 0.3 is 6.18 Å². The molecule has 1 saturated heterocycles. The summed E-state index contributed by atoms with van der Waals surface area (Å²) in [6, 6.07) is 5.55. The average molecular weight is 394 g/mol. The number of benzene rings is 1. The quantitative estimate of drug-likeness (QED) is 0.769. The Labute approximate surface area is 160 Å². The number of halogens is 3. The van der Waals surface area contributed by atoms with Crippen LogP contribution in [0.5, 0.6) is 0 Å². The van der Waals surface area contributed by atoms with Gasteiger partial charge in [-0.05, 0) is 31.0 Å². The van der Waals surface area contributed by atoms with Crippen LogP contribution in [-0.4, -0.2) is 41.4 Å². The van der Waals surface area contributed by atoms with Gasteiger partial charge in [-0.25, -0.2) is 0 Å². The smallest absolute Gasteiger partial charge is 0.350 e. The number of alkyl halides is 3. The van der Waals surface area contributed by atoms with Crippen LogP contribution in [-0.2, 0) is 15.8 Å². The van der Waals surface area contributed by atoms with Crippen LogP contribution in [0.15, 0.2) is 24.3 Å². The highest BCUT2D eigenvalue weighted by molar-refractivity contribution is 5.95. The third-order valence-electron chi connectivity index (χ3n) is 5.29. The van der Waals surface area contributed by atoms with Crippen molar-refractivity contribution in [2.75, 3.05) is 11.9 Å². The Morgan fingerprint density at radius 2 is 2.07 bits per heavy atom. The number of anilines is 1. The van der Waals surface area contributed by atoms with Crippen LogP contribution in [0.1, 0.15) is 37.7 Å². The van der Waals surface area contributed by atoms with Crippen molar-refractivity contribution in [3.63, 3.8) is 0 Å². The van der Waals surface area contributed by atoms with Crippen molar-refractivity contribution < 1.29 is 22.8 Å². The van der Waals surface area contributed by atoms with Gasteiger partial charge in [0.1, 0.15) is 0 Å². The van der Waals surface area contributed by atoms with E-state index in [4.69, 9.17) is 5.26 Å². The third kappa shape index (κ3) is 4.44. The molecule has 0 unspecified atom stereocenters. The van der Waals surface area contributed by atoms with E-state index in [9.17, 15) is 22.8 Å². The Balaban J connectivity index is 1.71. The molecule has 1 heterocycles. The van der Waals surface area contributed by atoms with Gasteiger partial charge in [-0.15, -0.1) is 0 Å². The molecule has 6 nitrogen and oxygen atoms in total. The summed E-state index contributed by atoms with van der Waals surface area (Å²) in [5.41, 5.74) is -0.852. The van der Waals surface area contributed by atoms with Gasteiger partial charge in [0.05, 0.1) is 30.6 Å². The lowest BCUT2D eigenvalue weighted by Gasteiger charge is -2.47. The van der Waals surface area contributed by atoms with E-state index in [1.165, 1.54) is 12.1 Å². The standard InChI is InChI=1S/C19H21F3N4O2/c20-19(21,22)12-4-3-5-13(10-12)24-17(27)11-16-18(28)25-14-6-1-2-7-15(14)26(16)9-8-23/h3-5,10,14-16H,1-2,6-7,9,11H2,(H,24,27)(H,25,28)/t14-,15+,16-/m1/s1. The van der Waals surface area contributed by atoms with Crippen molar-refractivity contribution in [1.82, 2.24) is 10.2 Å². The number of hydrogen-bond acceptors (Lipinski definition) is 4. The van der Waals surface area contributed by atoms with E-state index in [2.05, 4.69) is 16.7 Å². The molecule has 2 aliphatic rings. The Hall–Kier alpha value is -2.60. The van der Waals surface area contributed by atoms with Crippen LogP contribution in [0.3, 0.4) is 0 Å². The maximum atomic E-state index is 12.8. The molecule has 0 bridgehead atoms. The van der Waals surface area contributed by atoms with Crippen LogP contribution in [0.2, 0.25) is 0 Å². The topological polar surface area (TPSA) is 85.2 Å². The second-order valence-electron chi connectivity index (χ2n) is 7.14. The number of carbonyl (C=O) groups is 2. The largest absolute Gasteiger partial charge is 0.416 e. The summed E-state index contributed by atoms with van der Waals surface area (Å²) in [5.74, 6) is -0.894. The molecule has 2 N–H and O–H groups in total. The number of piperazine rings is 1. The molecule has 2 fully saturated rings. The zero-order valence-electron chi connectivity index (χ0n) is 15.1. The summed E-state index contributed by atoms with van der Waals surface area (Å²) >= 11 is 0. The second-order valence-corrected chi connectivity index (χ2v) is 7.14. The van der Waals surface area contributed by atoms with Gasteiger partial charge in [0.15, 0.2) is 0 Å². The molecule has 28 heavy (non-hydrogen) atoms. The number of nitrogens with one attached hydrogen (secondary N) is 2. The Bertz CT molecular complexity index is 790. The summed E-state index contributed by atoms with van der Waals surface area (Å²) in [4.78, 5) is 26.7. The molecule has 1 aliphatic heterocycles. The fourth-order valence-electron chi connectivity index (χ4n) is 4.02. The average Bonchev–Trinajstić information content (AvgIpc) is 2.64. The Morgan fingerprint density at radius 3 is 2.79 bits per heavy atom. The van der Waals surface area contributed by atoms with Gasteiger partial charge in [0.25, 0.3) is 0 Å². The molecule has 3 rings (SSSR count). The number of amides is 2. The van der Waals surface area contributed by atoms with E-state index in [-0.39, 0.29) is 36.6 Å². The fourth-order valence-corrected chi connectivity index (χ4v) is 4.02. The fraction of sp³-hybridized carbons (Fsp3) is 0.526. The molecule has 150 valence electrons. The SMILES string of the molecule is N#CCN1[C@H](CC(=O)Nc2cccc(C(F)(F)F)c2)C(=O)N[C@@H]2CCCC[C@@H]21. The molecular formula is C19H21F3N4O2. The van der Waals surface area contributed by atoms with Gasteiger partial charge in [-0.3, -0.25) is 14.5 Å². The number of fused-ring (bicyclic) bond motifs is 1. The summed E-state index contributed by atoms with van der Waals surface area (Å²) in [6.07, 6.45) is -1.08. The van der Waals surface area contributed by atoms with Crippen LogP contribution in [0.25, 0.3) is 0 Å². The summed E-state index contributed by atoms with van der Waals surface area (Å²) < 4.78 is 38.5. The maximum Gasteiger partial charge on any atom is 0.416 e.